The van der Waals surface area contributed by atoms with Crippen LogP contribution in [-0.4, -0.2) is 12.1 Å². The standard InChI is InChI=1S/C21H25N3O/c1-3-4-6-12-19(15-18-10-7-5-8-11-18)16-22-23-21(25)20-13-9-14-24(2)17-20/h5,7-11,13-17H,3-4,6,12H2,1-2H3/p+1/b19-15+,22-16-. The maximum absolute atomic E-state index is 12.1. The first kappa shape index (κ1) is 18.6. The molecule has 1 amide bonds. The van der Waals surface area contributed by atoms with Crippen LogP contribution in [0.2, 0.25) is 0 Å². The third-order valence-corrected chi connectivity index (χ3v) is 3.82. The number of benzene rings is 1. The third-order valence-electron chi connectivity index (χ3n) is 3.82. The molecule has 1 heterocycles. The number of unbranched alkanes of at least 4 members (excludes halogenated alkanes) is 2. The Morgan fingerprint density at radius 2 is 1.96 bits per heavy atom. The van der Waals surface area contributed by atoms with Crippen molar-refractivity contribution in [2.24, 2.45) is 12.1 Å². The average molecular weight is 336 g/mol. The van der Waals surface area contributed by atoms with E-state index in [-0.39, 0.29) is 5.91 Å². The molecule has 25 heavy (non-hydrogen) atoms. The second-order valence-corrected chi connectivity index (χ2v) is 6.04. The maximum Gasteiger partial charge on any atom is 0.277 e. The average Bonchev–Trinajstić information content (AvgIpc) is 2.62. The molecule has 4 heteroatoms. The van der Waals surface area contributed by atoms with Gasteiger partial charge in [-0.25, -0.2) is 9.99 Å². The van der Waals surface area contributed by atoms with Crippen molar-refractivity contribution >= 4 is 18.2 Å². The van der Waals surface area contributed by atoms with Gasteiger partial charge in [0.2, 0.25) is 0 Å². The molecular weight excluding hydrogens is 310 g/mol. The number of allylic oxidation sites excluding steroid dienone is 1. The number of nitrogens with zero attached hydrogens (tertiary/aromatic N) is 2. The van der Waals surface area contributed by atoms with Crippen LogP contribution in [0.3, 0.4) is 0 Å². The highest BCUT2D eigenvalue weighted by molar-refractivity contribution is 5.94. The van der Waals surface area contributed by atoms with E-state index in [1.54, 1.807) is 18.5 Å². The number of nitrogens with one attached hydrogen (secondary N) is 1. The number of hydrazone groups is 1. The van der Waals surface area contributed by atoms with Crippen LogP contribution in [0.15, 0.2) is 65.5 Å². The number of carbonyl (C=O) groups excluding carboxylic acids is 1. The molecule has 0 atom stereocenters. The lowest BCUT2D eigenvalue weighted by Crippen LogP contribution is -2.29. The van der Waals surface area contributed by atoms with E-state index in [4.69, 9.17) is 0 Å². The second kappa shape index (κ2) is 10.2. The second-order valence-electron chi connectivity index (χ2n) is 6.04. The van der Waals surface area contributed by atoms with Gasteiger partial charge in [-0.2, -0.15) is 5.10 Å². The molecule has 1 N–H and O–H groups in total. The van der Waals surface area contributed by atoms with Gasteiger partial charge in [0.05, 0.1) is 6.21 Å². The first-order valence-corrected chi connectivity index (χ1v) is 8.73. The van der Waals surface area contributed by atoms with Crippen molar-refractivity contribution in [1.82, 2.24) is 5.43 Å². The SMILES string of the molecule is CCCCCC(/C=N\NC(=O)c1ccc[n+](C)c1)=C\c1ccccc1. The van der Waals surface area contributed by atoms with Gasteiger partial charge in [0.15, 0.2) is 12.4 Å². The van der Waals surface area contributed by atoms with Crippen LogP contribution in [0.25, 0.3) is 6.08 Å². The Labute approximate surface area is 149 Å². The highest BCUT2D eigenvalue weighted by Gasteiger charge is 2.07. The van der Waals surface area contributed by atoms with Gasteiger partial charge >= 0.3 is 0 Å². The van der Waals surface area contributed by atoms with Crippen molar-refractivity contribution in [2.45, 2.75) is 32.6 Å². The Kier molecular flexibility index (Phi) is 7.57. The number of hydrogen-bond acceptors (Lipinski definition) is 2. The third kappa shape index (κ3) is 6.71. The maximum atomic E-state index is 12.1. The summed E-state index contributed by atoms with van der Waals surface area (Å²) in [7, 11) is 1.88. The fourth-order valence-corrected chi connectivity index (χ4v) is 2.48. The molecule has 0 saturated carbocycles. The van der Waals surface area contributed by atoms with Crippen LogP contribution in [0.1, 0.15) is 48.5 Å². The molecule has 1 aromatic heterocycles. The molecule has 130 valence electrons. The summed E-state index contributed by atoms with van der Waals surface area (Å²) in [6.07, 6.45) is 12.0. The number of pyridine rings is 1. The van der Waals surface area contributed by atoms with Gasteiger partial charge in [0.1, 0.15) is 12.6 Å². The van der Waals surface area contributed by atoms with E-state index in [1.807, 2.05) is 42.1 Å². The van der Waals surface area contributed by atoms with Crippen molar-refractivity contribution in [1.29, 1.82) is 0 Å². The summed E-state index contributed by atoms with van der Waals surface area (Å²) in [4.78, 5) is 12.1. The predicted molar refractivity (Wildman–Crippen MR) is 102 cm³/mol. The Morgan fingerprint density at radius 3 is 2.68 bits per heavy atom. The highest BCUT2D eigenvalue weighted by Crippen LogP contribution is 2.12. The Hall–Kier alpha value is -2.75. The number of rotatable bonds is 8. The zero-order valence-electron chi connectivity index (χ0n) is 15.0. The summed E-state index contributed by atoms with van der Waals surface area (Å²) in [6, 6.07) is 13.8. The molecule has 0 unspecified atom stereocenters. The predicted octanol–water partition coefficient (Wildman–Crippen LogP) is 3.89. The number of amides is 1. The molecule has 0 aliphatic carbocycles. The summed E-state index contributed by atoms with van der Waals surface area (Å²) < 4.78 is 1.84. The molecule has 0 spiro atoms. The van der Waals surface area contributed by atoms with Crippen LogP contribution < -0.4 is 9.99 Å². The summed E-state index contributed by atoms with van der Waals surface area (Å²) in [5.41, 5.74) is 5.44. The van der Waals surface area contributed by atoms with Gasteiger partial charge in [0.25, 0.3) is 5.91 Å². The van der Waals surface area contributed by atoms with Crippen LogP contribution in [0.5, 0.6) is 0 Å². The van der Waals surface area contributed by atoms with Gasteiger partial charge in [-0.05, 0) is 30.0 Å². The van der Waals surface area contributed by atoms with Gasteiger partial charge in [-0.1, -0.05) is 56.2 Å². The van der Waals surface area contributed by atoms with Crippen molar-refractivity contribution in [3.63, 3.8) is 0 Å². The molecule has 0 aliphatic heterocycles. The lowest BCUT2D eigenvalue weighted by molar-refractivity contribution is -0.671. The Bertz CT molecular complexity index is 736. The van der Waals surface area contributed by atoms with Crippen LogP contribution in [0, 0.1) is 0 Å². The van der Waals surface area contributed by atoms with Gasteiger partial charge in [-0.3, -0.25) is 4.79 Å². The van der Waals surface area contributed by atoms with Crippen LogP contribution in [0.4, 0.5) is 0 Å². The summed E-state index contributed by atoms with van der Waals surface area (Å²) in [6.45, 7) is 2.19. The van der Waals surface area contributed by atoms with E-state index in [0.717, 1.165) is 24.0 Å². The molecule has 0 fully saturated rings. The quantitative estimate of drug-likeness (QED) is 0.338. The number of carbonyl (C=O) groups is 1. The smallest absolute Gasteiger partial charge is 0.267 e. The Balaban J connectivity index is 2.03. The minimum Gasteiger partial charge on any atom is -0.267 e. The van der Waals surface area contributed by atoms with Gasteiger partial charge in [-0.15, -0.1) is 0 Å². The minimum atomic E-state index is -0.208. The molecule has 2 rings (SSSR count). The van der Waals surface area contributed by atoms with Crippen LogP contribution in [-0.2, 0) is 7.05 Å². The van der Waals surface area contributed by atoms with Gasteiger partial charge < -0.3 is 0 Å². The van der Waals surface area contributed by atoms with Crippen molar-refractivity contribution < 1.29 is 9.36 Å². The molecule has 2 aromatic rings. The molecule has 0 bridgehead atoms. The summed E-state index contributed by atoms with van der Waals surface area (Å²) >= 11 is 0. The molecular formula is C21H26N3O+. The van der Waals surface area contributed by atoms with E-state index < -0.39 is 0 Å². The topological polar surface area (TPSA) is 45.3 Å². The fourth-order valence-electron chi connectivity index (χ4n) is 2.48. The zero-order valence-corrected chi connectivity index (χ0v) is 15.0. The molecule has 0 aliphatic rings. The van der Waals surface area contributed by atoms with E-state index in [0.29, 0.717) is 5.56 Å². The largest absolute Gasteiger partial charge is 0.277 e. The van der Waals surface area contributed by atoms with Crippen molar-refractivity contribution in [3.05, 3.63) is 71.6 Å². The lowest BCUT2D eigenvalue weighted by Gasteiger charge is -2.03. The zero-order chi connectivity index (χ0) is 17.9. The monoisotopic (exact) mass is 336 g/mol. The summed E-state index contributed by atoms with van der Waals surface area (Å²) in [5, 5.41) is 4.15. The minimum absolute atomic E-state index is 0.208. The van der Waals surface area contributed by atoms with Crippen LogP contribution >= 0.6 is 0 Å². The Morgan fingerprint density at radius 1 is 1.16 bits per heavy atom. The molecule has 0 radical (unpaired) electrons. The van der Waals surface area contributed by atoms with Gasteiger partial charge in [0, 0.05) is 6.07 Å². The highest BCUT2D eigenvalue weighted by atomic mass is 16.2. The number of aromatic nitrogens is 1. The number of hydrogen-bond donors (Lipinski definition) is 1. The van der Waals surface area contributed by atoms with Crippen molar-refractivity contribution in [2.75, 3.05) is 0 Å². The summed E-state index contributed by atoms with van der Waals surface area (Å²) in [5.74, 6) is -0.208. The lowest BCUT2D eigenvalue weighted by atomic mass is 10.1. The van der Waals surface area contributed by atoms with E-state index in [2.05, 4.69) is 35.7 Å². The first-order chi connectivity index (χ1) is 12.2. The molecule has 4 nitrogen and oxygen atoms in total. The first-order valence-electron chi connectivity index (χ1n) is 8.73. The fraction of sp³-hybridized carbons (Fsp3) is 0.286. The van der Waals surface area contributed by atoms with Crippen molar-refractivity contribution in [3.8, 4) is 0 Å². The molecule has 0 saturated heterocycles. The normalized spacial score (nSPS) is 11.7. The number of aryl methyl sites for hydroxylation is 1. The van der Waals surface area contributed by atoms with E-state index >= 15 is 0 Å². The van der Waals surface area contributed by atoms with E-state index in [1.165, 1.54) is 12.8 Å². The van der Waals surface area contributed by atoms with E-state index in [9.17, 15) is 4.79 Å². The molecule has 1 aromatic carbocycles.